The molecule has 0 amide bonds. The van der Waals surface area contributed by atoms with Crippen molar-refractivity contribution in [2.24, 2.45) is 0 Å². The molecule has 1 aliphatic rings. The van der Waals surface area contributed by atoms with Crippen LogP contribution in [0.2, 0.25) is 0 Å². The van der Waals surface area contributed by atoms with Gasteiger partial charge in [-0.05, 0) is 19.3 Å². The molecule has 1 unspecified atom stereocenters. The number of rotatable bonds is 1. The fraction of sp³-hybridized carbons (Fsp3) is 0.750. The van der Waals surface area contributed by atoms with Crippen molar-refractivity contribution in [3.8, 4) is 0 Å². The topological polar surface area (TPSA) is 24.1 Å². The monoisotopic (exact) mass is 140 g/mol. The van der Waals surface area contributed by atoms with E-state index in [0.29, 0.717) is 6.04 Å². The second-order valence-corrected chi connectivity index (χ2v) is 2.80. The summed E-state index contributed by atoms with van der Waals surface area (Å²) in [7, 11) is 0. The van der Waals surface area contributed by atoms with Gasteiger partial charge in [-0.25, -0.2) is 0 Å². The molecule has 0 aromatic carbocycles. The highest BCUT2D eigenvalue weighted by molar-refractivity contribution is 4.93. The third-order valence-electron chi connectivity index (χ3n) is 1.94. The van der Waals surface area contributed by atoms with Gasteiger partial charge >= 0.3 is 0 Å². The first-order valence-corrected chi connectivity index (χ1v) is 4.02. The lowest BCUT2D eigenvalue weighted by atomic mass is 10.1. The van der Waals surface area contributed by atoms with Crippen molar-refractivity contribution in [2.75, 3.05) is 6.54 Å². The Morgan fingerprint density at radius 1 is 1.70 bits per heavy atom. The van der Waals surface area contributed by atoms with Crippen LogP contribution in [0, 0.1) is 0 Å². The van der Waals surface area contributed by atoms with Gasteiger partial charge in [0.25, 0.3) is 0 Å². The van der Waals surface area contributed by atoms with Crippen LogP contribution in [-0.2, 0) is 0 Å². The van der Waals surface area contributed by atoms with Gasteiger partial charge < -0.3 is 10.6 Å². The molecular weight excluding hydrogens is 124 g/mol. The molecule has 2 N–H and O–H groups in total. The van der Waals surface area contributed by atoms with E-state index in [1.807, 2.05) is 0 Å². The first-order chi connectivity index (χ1) is 4.83. The van der Waals surface area contributed by atoms with E-state index >= 15 is 0 Å². The SMILES string of the molecule is C=C1NCCCC(CC)N1. The van der Waals surface area contributed by atoms with Gasteiger partial charge in [-0.2, -0.15) is 0 Å². The lowest BCUT2D eigenvalue weighted by molar-refractivity contribution is 0.524. The lowest BCUT2D eigenvalue weighted by Gasteiger charge is -2.14. The molecule has 1 aliphatic heterocycles. The highest BCUT2D eigenvalue weighted by Crippen LogP contribution is 2.05. The van der Waals surface area contributed by atoms with Crippen molar-refractivity contribution >= 4 is 0 Å². The van der Waals surface area contributed by atoms with Crippen LogP contribution in [-0.4, -0.2) is 12.6 Å². The zero-order chi connectivity index (χ0) is 7.40. The Morgan fingerprint density at radius 2 is 2.50 bits per heavy atom. The van der Waals surface area contributed by atoms with Gasteiger partial charge in [-0.1, -0.05) is 13.5 Å². The molecular formula is C8H16N2. The molecule has 2 heteroatoms. The standard InChI is InChI=1S/C8H16N2/c1-3-8-5-4-6-9-7(2)10-8/h8-10H,2-6H2,1H3. The van der Waals surface area contributed by atoms with Crippen molar-refractivity contribution in [2.45, 2.75) is 32.2 Å². The van der Waals surface area contributed by atoms with E-state index in [0.717, 1.165) is 12.4 Å². The molecule has 0 aromatic heterocycles. The predicted molar refractivity (Wildman–Crippen MR) is 43.6 cm³/mol. The Balaban J connectivity index is 2.38. The summed E-state index contributed by atoms with van der Waals surface area (Å²) in [4.78, 5) is 0. The maximum atomic E-state index is 3.85. The molecule has 2 nitrogen and oxygen atoms in total. The Morgan fingerprint density at radius 3 is 3.20 bits per heavy atom. The minimum absolute atomic E-state index is 0.641. The van der Waals surface area contributed by atoms with E-state index < -0.39 is 0 Å². The molecule has 0 radical (unpaired) electrons. The summed E-state index contributed by atoms with van der Waals surface area (Å²) < 4.78 is 0. The van der Waals surface area contributed by atoms with Crippen LogP contribution in [0.1, 0.15) is 26.2 Å². The highest BCUT2D eigenvalue weighted by Gasteiger charge is 2.09. The summed E-state index contributed by atoms with van der Waals surface area (Å²) in [5.74, 6) is 0.990. The molecule has 0 saturated carbocycles. The minimum Gasteiger partial charge on any atom is -0.372 e. The zero-order valence-electron chi connectivity index (χ0n) is 6.61. The molecule has 1 atom stereocenters. The predicted octanol–water partition coefficient (Wildman–Crippen LogP) is 1.21. The van der Waals surface area contributed by atoms with Crippen molar-refractivity contribution in [1.82, 2.24) is 10.6 Å². The maximum absolute atomic E-state index is 3.85. The number of hydrogen-bond acceptors (Lipinski definition) is 2. The Labute approximate surface area is 62.7 Å². The maximum Gasteiger partial charge on any atom is 0.0914 e. The molecule has 10 heavy (non-hydrogen) atoms. The lowest BCUT2D eigenvalue weighted by Crippen LogP contribution is -2.29. The average Bonchev–Trinajstić information content (AvgIpc) is 2.13. The summed E-state index contributed by atoms with van der Waals surface area (Å²) in [5, 5.41) is 6.53. The molecule has 0 aromatic rings. The molecule has 58 valence electrons. The van der Waals surface area contributed by atoms with E-state index in [1.165, 1.54) is 19.3 Å². The van der Waals surface area contributed by atoms with E-state index in [2.05, 4.69) is 24.1 Å². The molecule has 1 rings (SSSR count). The average molecular weight is 140 g/mol. The third kappa shape index (κ3) is 1.94. The first kappa shape index (κ1) is 7.45. The van der Waals surface area contributed by atoms with Crippen LogP contribution in [0.25, 0.3) is 0 Å². The van der Waals surface area contributed by atoms with E-state index in [4.69, 9.17) is 0 Å². The fourth-order valence-electron chi connectivity index (χ4n) is 1.26. The van der Waals surface area contributed by atoms with Crippen molar-refractivity contribution < 1.29 is 0 Å². The van der Waals surface area contributed by atoms with Gasteiger partial charge in [0.05, 0.1) is 5.82 Å². The van der Waals surface area contributed by atoms with E-state index in [-0.39, 0.29) is 0 Å². The minimum atomic E-state index is 0.641. The van der Waals surface area contributed by atoms with Crippen molar-refractivity contribution in [3.63, 3.8) is 0 Å². The van der Waals surface area contributed by atoms with Crippen LogP contribution in [0.4, 0.5) is 0 Å². The van der Waals surface area contributed by atoms with Crippen LogP contribution in [0.15, 0.2) is 12.4 Å². The second kappa shape index (κ2) is 3.49. The molecule has 1 saturated heterocycles. The van der Waals surface area contributed by atoms with E-state index in [9.17, 15) is 0 Å². The van der Waals surface area contributed by atoms with Crippen molar-refractivity contribution in [3.05, 3.63) is 12.4 Å². The van der Waals surface area contributed by atoms with Crippen LogP contribution < -0.4 is 10.6 Å². The second-order valence-electron chi connectivity index (χ2n) is 2.80. The quantitative estimate of drug-likeness (QED) is 0.572. The van der Waals surface area contributed by atoms with Gasteiger partial charge in [0, 0.05) is 12.6 Å². The van der Waals surface area contributed by atoms with Gasteiger partial charge in [0.15, 0.2) is 0 Å². The molecule has 1 fully saturated rings. The Bertz CT molecular complexity index is 120. The zero-order valence-corrected chi connectivity index (χ0v) is 6.61. The summed E-state index contributed by atoms with van der Waals surface area (Å²) in [6, 6.07) is 0.641. The van der Waals surface area contributed by atoms with Crippen LogP contribution in [0.3, 0.4) is 0 Å². The molecule has 0 bridgehead atoms. The smallest absolute Gasteiger partial charge is 0.0914 e. The van der Waals surface area contributed by atoms with Gasteiger partial charge in [0.1, 0.15) is 0 Å². The molecule has 0 spiro atoms. The van der Waals surface area contributed by atoms with Gasteiger partial charge in [0.2, 0.25) is 0 Å². The molecule has 1 heterocycles. The summed E-state index contributed by atoms with van der Waals surface area (Å²) in [5.41, 5.74) is 0. The number of nitrogens with one attached hydrogen (secondary N) is 2. The summed E-state index contributed by atoms with van der Waals surface area (Å²) in [6.45, 7) is 7.13. The van der Waals surface area contributed by atoms with E-state index in [1.54, 1.807) is 0 Å². The van der Waals surface area contributed by atoms with Gasteiger partial charge in [-0.3, -0.25) is 0 Å². The van der Waals surface area contributed by atoms with Crippen LogP contribution in [0.5, 0.6) is 0 Å². The van der Waals surface area contributed by atoms with Crippen LogP contribution >= 0.6 is 0 Å². The largest absolute Gasteiger partial charge is 0.372 e. The third-order valence-corrected chi connectivity index (χ3v) is 1.94. The Hall–Kier alpha value is -0.660. The van der Waals surface area contributed by atoms with Gasteiger partial charge in [-0.15, -0.1) is 0 Å². The van der Waals surface area contributed by atoms with Crippen molar-refractivity contribution in [1.29, 1.82) is 0 Å². The summed E-state index contributed by atoms with van der Waals surface area (Å²) >= 11 is 0. The number of hydrogen-bond donors (Lipinski definition) is 2. The highest BCUT2D eigenvalue weighted by atomic mass is 15.1. The molecule has 0 aliphatic carbocycles. The summed E-state index contributed by atoms with van der Waals surface area (Å²) in [6.07, 6.45) is 3.72. The fourth-order valence-corrected chi connectivity index (χ4v) is 1.26. The Kier molecular flexibility index (Phi) is 2.60. The first-order valence-electron chi connectivity index (χ1n) is 4.02. The normalized spacial score (nSPS) is 26.5.